The quantitative estimate of drug-likeness (QED) is 0.334. The van der Waals surface area contributed by atoms with Crippen molar-refractivity contribution < 1.29 is 0 Å². The molecule has 0 N–H and O–H groups in total. The Bertz CT molecular complexity index is 1230. The van der Waals surface area contributed by atoms with Crippen LogP contribution >= 0.6 is 0 Å². The van der Waals surface area contributed by atoms with Crippen molar-refractivity contribution in [2.24, 2.45) is 9.98 Å². The molecule has 0 bridgehead atoms. The molecule has 4 rings (SSSR count). The second-order valence-corrected chi connectivity index (χ2v) is 8.53. The number of rotatable bonds is 4. The third-order valence-corrected chi connectivity index (χ3v) is 5.52. The highest BCUT2D eigenvalue weighted by atomic mass is 14.9. The largest absolute Gasteiger partial charge is 0.254 e. The van der Waals surface area contributed by atoms with E-state index < -0.39 is 0 Å². The standard InChI is InChI=1S/C28H28N4/c1-17-11-19(3)26(20(4)12-17)29-15-24-9-7-23-8-10-25(32-28(23)31-24)16-30-27-21(5)13-18(2)14-22(27)6/h7-16H,1-6H3. The SMILES string of the molecule is Cc1cc(C)c(N=Cc2ccc3ccc(C=Nc4c(C)cc(C)cc4C)nc3n2)c(C)c1. The predicted molar refractivity (Wildman–Crippen MR) is 135 cm³/mol. The number of aryl methyl sites for hydroxylation is 6. The van der Waals surface area contributed by atoms with Crippen molar-refractivity contribution in [2.45, 2.75) is 41.5 Å². The van der Waals surface area contributed by atoms with E-state index in [1.807, 2.05) is 36.7 Å². The molecule has 0 saturated heterocycles. The van der Waals surface area contributed by atoms with Crippen LogP contribution in [0.3, 0.4) is 0 Å². The molecule has 0 aliphatic carbocycles. The molecule has 4 heteroatoms. The summed E-state index contributed by atoms with van der Waals surface area (Å²) >= 11 is 0. The monoisotopic (exact) mass is 420 g/mol. The van der Waals surface area contributed by atoms with E-state index in [-0.39, 0.29) is 0 Å². The zero-order chi connectivity index (χ0) is 22.8. The molecule has 160 valence electrons. The number of pyridine rings is 2. The molecule has 0 atom stereocenters. The Kier molecular flexibility index (Phi) is 5.95. The van der Waals surface area contributed by atoms with Crippen LogP contribution in [-0.2, 0) is 0 Å². The number of fused-ring (bicyclic) bond motifs is 1. The molecule has 2 aromatic heterocycles. The molecule has 2 aromatic carbocycles. The van der Waals surface area contributed by atoms with E-state index in [1.54, 1.807) is 0 Å². The lowest BCUT2D eigenvalue weighted by Crippen LogP contribution is -1.95. The van der Waals surface area contributed by atoms with Crippen LogP contribution < -0.4 is 0 Å². The minimum atomic E-state index is 0.688. The molecular weight excluding hydrogens is 392 g/mol. The summed E-state index contributed by atoms with van der Waals surface area (Å²) in [7, 11) is 0. The van der Waals surface area contributed by atoms with Gasteiger partial charge in [0.05, 0.1) is 35.2 Å². The zero-order valence-corrected chi connectivity index (χ0v) is 19.6. The number of aromatic nitrogens is 2. The number of benzene rings is 2. The van der Waals surface area contributed by atoms with Crippen LogP contribution in [0.5, 0.6) is 0 Å². The minimum Gasteiger partial charge on any atom is -0.254 e. The third-order valence-electron chi connectivity index (χ3n) is 5.52. The minimum absolute atomic E-state index is 0.688. The van der Waals surface area contributed by atoms with Gasteiger partial charge in [-0.3, -0.25) is 9.98 Å². The molecule has 0 fully saturated rings. The molecule has 0 aliphatic rings. The van der Waals surface area contributed by atoms with Gasteiger partial charge in [-0.1, -0.05) is 35.4 Å². The first kappa shape index (κ1) is 21.6. The van der Waals surface area contributed by atoms with Crippen LogP contribution in [0.15, 0.2) is 58.5 Å². The van der Waals surface area contributed by atoms with Crippen molar-refractivity contribution in [1.29, 1.82) is 0 Å². The normalized spacial score (nSPS) is 11.8. The molecule has 0 radical (unpaired) electrons. The van der Waals surface area contributed by atoms with E-state index in [0.717, 1.165) is 50.4 Å². The summed E-state index contributed by atoms with van der Waals surface area (Å²) < 4.78 is 0. The second kappa shape index (κ2) is 8.83. The van der Waals surface area contributed by atoms with Gasteiger partial charge >= 0.3 is 0 Å². The van der Waals surface area contributed by atoms with Crippen LogP contribution in [0.4, 0.5) is 11.4 Å². The lowest BCUT2D eigenvalue weighted by Gasteiger charge is -2.07. The van der Waals surface area contributed by atoms with Gasteiger partial charge in [0, 0.05) is 5.39 Å². The Morgan fingerprint density at radius 1 is 0.562 bits per heavy atom. The molecule has 2 heterocycles. The molecule has 0 aliphatic heterocycles. The van der Waals surface area contributed by atoms with E-state index >= 15 is 0 Å². The maximum atomic E-state index is 4.71. The highest BCUT2D eigenvalue weighted by Gasteiger charge is 2.05. The van der Waals surface area contributed by atoms with Gasteiger partial charge in [-0.25, -0.2) is 9.97 Å². The first-order chi connectivity index (χ1) is 15.3. The Morgan fingerprint density at radius 2 is 0.938 bits per heavy atom. The summed E-state index contributed by atoms with van der Waals surface area (Å²) in [6.45, 7) is 12.6. The Balaban J connectivity index is 1.64. The van der Waals surface area contributed by atoms with E-state index in [1.165, 1.54) is 11.1 Å². The van der Waals surface area contributed by atoms with Gasteiger partial charge in [0.25, 0.3) is 0 Å². The first-order valence-electron chi connectivity index (χ1n) is 10.8. The molecular formula is C28H28N4. The van der Waals surface area contributed by atoms with Crippen molar-refractivity contribution in [3.05, 3.63) is 93.3 Å². The maximum absolute atomic E-state index is 4.71. The summed E-state index contributed by atoms with van der Waals surface area (Å²) in [5, 5.41) is 0.990. The van der Waals surface area contributed by atoms with Crippen molar-refractivity contribution in [1.82, 2.24) is 9.97 Å². The molecule has 32 heavy (non-hydrogen) atoms. The van der Waals surface area contributed by atoms with Gasteiger partial charge in [0.15, 0.2) is 5.65 Å². The molecule has 0 amide bonds. The van der Waals surface area contributed by atoms with Crippen LogP contribution in [0.1, 0.15) is 44.8 Å². The van der Waals surface area contributed by atoms with Crippen LogP contribution in [0.2, 0.25) is 0 Å². The van der Waals surface area contributed by atoms with Gasteiger partial charge in [-0.15, -0.1) is 0 Å². The highest BCUT2D eigenvalue weighted by molar-refractivity contribution is 5.88. The number of hydrogen-bond donors (Lipinski definition) is 0. The van der Waals surface area contributed by atoms with Crippen LogP contribution in [-0.4, -0.2) is 22.4 Å². The summed E-state index contributed by atoms with van der Waals surface area (Å²) in [6.07, 6.45) is 3.62. The second-order valence-electron chi connectivity index (χ2n) is 8.53. The van der Waals surface area contributed by atoms with Gasteiger partial charge in [0.2, 0.25) is 0 Å². The predicted octanol–water partition coefficient (Wildman–Crippen LogP) is 6.98. The topological polar surface area (TPSA) is 50.5 Å². The van der Waals surface area contributed by atoms with E-state index in [0.29, 0.717) is 5.65 Å². The molecule has 4 aromatic rings. The summed E-state index contributed by atoms with van der Waals surface area (Å²) in [4.78, 5) is 18.8. The number of nitrogens with zero attached hydrogens (tertiary/aromatic N) is 4. The van der Waals surface area contributed by atoms with Crippen molar-refractivity contribution in [2.75, 3.05) is 0 Å². The van der Waals surface area contributed by atoms with E-state index in [9.17, 15) is 0 Å². The van der Waals surface area contributed by atoms with E-state index in [2.05, 4.69) is 65.8 Å². The number of hydrogen-bond acceptors (Lipinski definition) is 4. The van der Waals surface area contributed by atoms with Gasteiger partial charge < -0.3 is 0 Å². The average molecular weight is 421 g/mol. The summed E-state index contributed by atoms with van der Waals surface area (Å²) in [5.41, 5.74) is 11.4. The van der Waals surface area contributed by atoms with Crippen molar-refractivity contribution in [3.8, 4) is 0 Å². The fourth-order valence-electron chi connectivity index (χ4n) is 4.19. The Hall–Kier alpha value is -3.66. The molecule has 0 spiro atoms. The highest BCUT2D eigenvalue weighted by Crippen LogP contribution is 2.26. The van der Waals surface area contributed by atoms with Crippen LogP contribution in [0.25, 0.3) is 11.0 Å². The summed E-state index contributed by atoms with van der Waals surface area (Å²) in [6, 6.07) is 16.6. The van der Waals surface area contributed by atoms with Gasteiger partial charge in [-0.05, 0) is 88.1 Å². The third kappa shape index (κ3) is 4.65. The Morgan fingerprint density at radius 3 is 1.31 bits per heavy atom. The molecule has 0 saturated carbocycles. The fraction of sp³-hybridized carbons (Fsp3) is 0.214. The lowest BCUT2D eigenvalue weighted by molar-refractivity contribution is 1.25. The van der Waals surface area contributed by atoms with E-state index in [4.69, 9.17) is 20.0 Å². The van der Waals surface area contributed by atoms with Crippen molar-refractivity contribution >= 4 is 34.8 Å². The molecule has 4 nitrogen and oxygen atoms in total. The van der Waals surface area contributed by atoms with Gasteiger partial charge in [0.1, 0.15) is 0 Å². The van der Waals surface area contributed by atoms with Crippen molar-refractivity contribution in [3.63, 3.8) is 0 Å². The number of aliphatic imine (C=N–C) groups is 2. The Labute approximate surface area is 189 Å². The lowest BCUT2D eigenvalue weighted by atomic mass is 10.1. The maximum Gasteiger partial charge on any atom is 0.160 e. The summed E-state index contributed by atoms with van der Waals surface area (Å²) in [5.74, 6) is 0. The van der Waals surface area contributed by atoms with Gasteiger partial charge in [-0.2, -0.15) is 0 Å². The first-order valence-corrected chi connectivity index (χ1v) is 10.8. The smallest absolute Gasteiger partial charge is 0.160 e. The van der Waals surface area contributed by atoms with Crippen LogP contribution in [0, 0.1) is 41.5 Å². The fourth-order valence-corrected chi connectivity index (χ4v) is 4.19. The molecule has 0 unspecified atom stereocenters. The average Bonchev–Trinajstić information content (AvgIpc) is 2.72. The zero-order valence-electron chi connectivity index (χ0n) is 19.6.